The van der Waals surface area contributed by atoms with Crippen molar-refractivity contribution < 1.29 is 4.42 Å². The predicted octanol–water partition coefficient (Wildman–Crippen LogP) is 2.46. The fraction of sp³-hybridized carbons (Fsp3) is 0.429. The van der Waals surface area contributed by atoms with Crippen molar-refractivity contribution >= 4 is 11.8 Å². The molecule has 0 aromatic carbocycles. The van der Waals surface area contributed by atoms with Gasteiger partial charge in [0, 0.05) is 0 Å². The van der Waals surface area contributed by atoms with E-state index in [-0.39, 0.29) is 0 Å². The third kappa shape index (κ3) is 0.874. The van der Waals surface area contributed by atoms with Crippen molar-refractivity contribution in [3.63, 3.8) is 0 Å². The molecule has 2 rings (SSSR count). The monoisotopic (exact) mass is 140 g/mol. The summed E-state index contributed by atoms with van der Waals surface area (Å²) < 4.78 is 5.22. The van der Waals surface area contributed by atoms with Crippen molar-refractivity contribution in [3.8, 4) is 0 Å². The first-order valence-corrected chi connectivity index (χ1v) is 4.17. The highest BCUT2D eigenvalue weighted by molar-refractivity contribution is 8.00. The molecule has 0 radical (unpaired) electrons. The van der Waals surface area contributed by atoms with Gasteiger partial charge in [-0.3, -0.25) is 0 Å². The van der Waals surface area contributed by atoms with Crippen LogP contribution in [0.5, 0.6) is 0 Å². The van der Waals surface area contributed by atoms with Crippen molar-refractivity contribution in [2.24, 2.45) is 0 Å². The summed E-state index contributed by atoms with van der Waals surface area (Å²) in [4.78, 5) is 0. The molecule has 1 fully saturated rings. The summed E-state index contributed by atoms with van der Waals surface area (Å²) in [5, 5.41) is 0.667. The van der Waals surface area contributed by atoms with Gasteiger partial charge in [0.1, 0.15) is 5.76 Å². The summed E-state index contributed by atoms with van der Waals surface area (Å²) in [6.45, 7) is 0. The Morgan fingerprint density at radius 2 is 2.56 bits per heavy atom. The van der Waals surface area contributed by atoms with Gasteiger partial charge < -0.3 is 4.42 Å². The van der Waals surface area contributed by atoms with E-state index < -0.39 is 0 Å². The molecule has 1 nitrogen and oxygen atoms in total. The van der Waals surface area contributed by atoms with Crippen LogP contribution < -0.4 is 0 Å². The van der Waals surface area contributed by atoms with E-state index in [1.807, 2.05) is 17.8 Å². The molecule has 0 amide bonds. The van der Waals surface area contributed by atoms with E-state index in [9.17, 15) is 0 Å². The van der Waals surface area contributed by atoms with Gasteiger partial charge in [0.25, 0.3) is 0 Å². The second kappa shape index (κ2) is 2.10. The summed E-state index contributed by atoms with van der Waals surface area (Å²) >= 11 is 1.97. The highest BCUT2D eigenvalue weighted by Gasteiger charge is 2.21. The number of thioether (sulfide) groups is 1. The summed E-state index contributed by atoms with van der Waals surface area (Å²) in [6, 6.07) is 4.00. The summed E-state index contributed by atoms with van der Waals surface area (Å²) in [5.41, 5.74) is 0. The Bertz CT molecular complexity index is 177. The van der Waals surface area contributed by atoms with E-state index >= 15 is 0 Å². The third-order valence-electron chi connectivity index (χ3n) is 1.56. The quantitative estimate of drug-likeness (QED) is 0.594. The van der Waals surface area contributed by atoms with E-state index in [4.69, 9.17) is 4.42 Å². The molecule has 0 spiro atoms. The second-order valence-electron chi connectivity index (χ2n) is 2.16. The van der Waals surface area contributed by atoms with Gasteiger partial charge in [0.05, 0.1) is 11.5 Å². The van der Waals surface area contributed by atoms with Gasteiger partial charge in [-0.15, -0.1) is 0 Å². The fourth-order valence-electron chi connectivity index (χ4n) is 0.935. The highest BCUT2D eigenvalue weighted by atomic mass is 32.2. The lowest BCUT2D eigenvalue weighted by Crippen LogP contribution is -2.04. The minimum Gasteiger partial charge on any atom is -0.468 e. The molecular weight excluding hydrogens is 132 g/mol. The van der Waals surface area contributed by atoms with E-state index in [1.165, 1.54) is 12.2 Å². The van der Waals surface area contributed by atoms with Crippen LogP contribution in [0, 0.1) is 0 Å². The normalized spacial score (nSPS) is 25.6. The zero-order chi connectivity index (χ0) is 6.10. The molecule has 2 heteroatoms. The lowest BCUT2D eigenvalue weighted by atomic mass is 10.2. The van der Waals surface area contributed by atoms with Crippen LogP contribution in [-0.4, -0.2) is 5.75 Å². The molecule has 0 N–H and O–H groups in total. The Balaban J connectivity index is 2.14. The van der Waals surface area contributed by atoms with Gasteiger partial charge in [0.15, 0.2) is 0 Å². The van der Waals surface area contributed by atoms with Crippen molar-refractivity contribution in [2.75, 3.05) is 5.75 Å². The van der Waals surface area contributed by atoms with Crippen molar-refractivity contribution in [1.29, 1.82) is 0 Å². The topological polar surface area (TPSA) is 13.1 Å². The maximum Gasteiger partial charge on any atom is 0.116 e. The lowest BCUT2D eigenvalue weighted by Gasteiger charge is -2.21. The Hall–Kier alpha value is -0.370. The summed E-state index contributed by atoms with van der Waals surface area (Å²) in [5.74, 6) is 2.44. The van der Waals surface area contributed by atoms with E-state index in [2.05, 4.69) is 6.07 Å². The van der Waals surface area contributed by atoms with Crippen molar-refractivity contribution in [1.82, 2.24) is 0 Å². The molecule has 0 aliphatic carbocycles. The third-order valence-corrected chi connectivity index (χ3v) is 2.90. The Morgan fingerprint density at radius 3 is 3.00 bits per heavy atom. The van der Waals surface area contributed by atoms with E-state index in [1.54, 1.807) is 6.26 Å². The molecule has 9 heavy (non-hydrogen) atoms. The lowest BCUT2D eigenvalue weighted by molar-refractivity contribution is 0.496. The maximum atomic E-state index is 5.22. The van der Waals surface area contributed by atoms with Crippen molar-refractivity contribution in [3.05, 3.63) is 24.2 Å². The molecule has 1 aromatic heterocycles. The first kappa shape index (κ1) is 5.42. The predicted molar refractivity (Wildman–Crippen MR) is 38.5 cm³/mol. The molecule has 1 saturated heterocycles. The standard InChI is InChI=1S/C7H8OS/c1-2-6(8-4-1)7-3-5-9-7/h1-2,4,7H,3,5H2. The molecule has 1 unspecified atom stereocenters. The molecule has 48 valence electrons. The minimum atomic E-state index is 0.667. The Morgan fingerprint density at radius 1 is 1.67 bits per heavy atom. The molecule has 2 heterocycles. The zero-order valence-electron chi connectivity index (χ0n) is 5.04. The molecule has 0 bridgehead atoms. The van der Waals surface area contributed by atoms with Crippen LogP contribution in [-0.2, 0) is 0 Å². The fourth-order valence-corrected chi connectivity index (χ4v) is 1.70. The minimum absolute atomic E-state index is 0.667. The van der Waals surface area contributed by atoms with Gasteiger partial charge in [-0.1, -0.05) is 0 Å². The largest absolute Gasteiger partial charge is 0.468 e. The SMILES string of the molecule is c1coc(C2CCS2)c1. The van der Waals surface area contributed by atoms with Crippen LogP contribution in [0.1, 0.15) is 17.4 Å². The number of hydrogen-bond donors (Lipinski definition) is 0. The van der Waals surface area contributed by atoms with Crippen LogP contribution in [0.25, 0.3) is 0 Å². The molecule has 1 aromatic rings. The van der Waals surface area contributed by atoms with Gasteiger partial charge in [0.2, 0.25) is 0 Å². The maximum absolute atomic E-state index is 5.22. The smallest absolute Gasteiger partial charge is 0.116 e. The molecule has 1 atom stereocenters. The number of rotatable bonds is 1. The average molecular weight is 140 g/mol. The average Bonchev–Trinajstić information content (AvgIpc) is 2.11. The second-order valence-corrected chi connectivity index (χ2v) is 3.47. The van der Waals surface area contributed by atoms with Crippen LogP contribution in [0.3, 0.4) is 0 Å². The Kier molecular flexibility index (Phi) is 1.27. The van der Waals surface area contributed by atoms with Gasteiger partial charge in [-0.25, -0.2) is 0 Å². The first-order valence-electron chi connectivity index (χ1n) is 3.12. The van der Waals surface area contributed by atoms with Crippen molar-refractivity contribution in [2.45, 2.75) is 11.7 Å². The van der Waals surface area contributed by atoms with E-state index in [0.717, 1.165) is 5.76 Å². The molecule has 0 saturated carbocycles. The Labute approximate surface area is 58.4 Å². The van der Waals surface area contributed by atoms with Crippen LogP contribution in [0.4, 0.5) is 0 Å². The van der Waals surface area contributed by atoms with Crippen LogP contribution in [0.2, 0.25) is 0 Å². The number of furan rings is 1. The summed E-state index contributed by atoms with van der Waals surface area (Å²) in [6.07, 6.45) is 3.03. The zero-order valence-corrected chi connectivity index (χ0v) is 5.86. The van der Waals surface area contributed by atoms with E-state index in [0.29, 0.717) is 5.25 Å². The first-order chi connectivity index (χ1) is 4.47. The van der Waals surface area contributed by atoms with Gasteiger partial charge >= 0.3 is 0 Å². The molecular formula is C7H8OS. The van der Waals surface area contributed by atoms with Gasteiger partial charge in [-0.05, 0) is 24.3 Å². The van der Waals surface area contributed by atoms with Crippen LogP contribution in [0.15, 0.2) is 22.8 Å². The van der Waals surface area contributed by atoms with Crippen LogP contribution >= 0.6 is 11.8 Å². The molecule has 1 aliphatic heterocycles. The molecule has 1 aliphatic rings. The number of hydrogen-bond acceptors (Lipinski definition) is 2. The summed E-state index contributed by atoms with van der Waals surface area (Å²) in [7, 11) is 0. The van der Waals surface area contributed by atoms with Gasteiger partial charge in [-0.2, -0.15) is 11.8 Å². The highest BCUT2D eigenvalue weighted by Crippen LogP contribution is 2.42.